The lowest BCUT2D eigenvalue weighted by Crippen LogP contribution is -2.09. The molecule has 0 aliphatic rings. The predicted molar refractivity (Wildman–Crippen MR) is 221 cm³/mol. The molecule has 11 aromatic rings. The molecule has 244 valence electrons. The second-order valence-corrected chi connectivity index (χ2v) is 14.4. The molecule has 0 saturated carbocycles. The molecule has 0 radical (unpaired) electrons. The maximum atomic E-state index is 6.93. The van der Waals surface area contributed by atoms with Crippen molar-refractivity contribution in [2.75, 3.05) is 4.90 Å². The Labute approximate surface area is 303 Å². The molecule has 0 spiro atoms. The lowest BCUT2D eigenvalue weighted by atomic mass is 10.0. The van der Waals surface area contributed by atoms with E-state index in [-0.39, 0.29) is 0 Å². The highest BCUT2D eigenvalue weighted by Gasteiger charge is 2.21. The zero-order valence-corrected chi connectivity index (χ0v) is 28.8. The van der Waals surface area contributed by atoms with E-state index in [1.807, 2.05) is 11.3 Å². The highest BCUT2D eigenvalue weighted by molar-refractivity contribution is 7.25. The van der Waals surface area contributed by atoms with E-state index in [0.29, 0.717) is 0 Å². The van der Waals surface area contributed by atoms with Crippen LogP contribution in [0.1, 0.15) is 0 Å². The minimum absolute atomic E-state index is 0.866. The van der Waals surface area contributed by atoms with Gasteiger partial charge in [-0.2, -0.15) is 0 Å². The number of anilines is 3. The van der Waals surface area contributed by atoms with Crippen molar-refractivity contribution in [2.24, 2.45) is 0 Å². The normalized spacial score (nSPS) is 11.8. The standard InChI is InChI=1S/C48H30N2OS/c1-3-11-31(12-4-1)32-19-21-34(22-20-32)49(36-24-26-39-38-15-8-10-18-45(38)52-46(39)30-36)35-23-25-37-40-27-28-43-47(48(40)51-44(37)29-35)41-16-7-9-17-42(41)50(43)33-13-5-2-6-14-33/h1-30H. The minimum Gasteiger partial charge on any atom is -0.455 e. The third kappa shape index (κ3) is 4.45. The summed E-state index contributed by atoms with van der Waals surface area (Å²) in [6.07, 6.45) is 0. The summed E-state index contributed by atoms with van der Waals surface area (Å²) >= 11 is 1.84. The van der Waals surface area contributed by atoms with Crippen LogP contribution < -0.4 is 4.90 Å². The van der Waals surface area contributed by atoms with Crippen molar-refractivity contribution >= 4 is 92.3 Å². The first-order valence-corrected chi connectivity index (χ1v) is 18.4. The Kier molecular flexibility index (Phi) is 6.42. The molecule has 0 unspecified atom stereocenters. The van der Waals surface area contributed by atoms with Gasteiger partial charge in [-0.05, 0) is 83.9 Å². The van der Waals surface area contributed by atoms with Crippen molar-refractivity contribution in [1.82, 2.24) is 4.57 Å². The van der Waals surface area contributed by atoms with Crippen LogP contribution in [0.5, 0.6) is 0 Å². The van der Waals surface area contributed by atoms with E-state index in [0.717, 1.165) is 55.6 Å². The molecule has 8 aromatic carbocycles. The minimum atomic E-state index is 0.866. The highest BCUT2D eigenvalue weighted by Crippen LogP contribution is 2.44. The molecule has 0 atom stereocenters. The zero-order chi connectivity index (χ0) is 34.2. The molecule has 0 saturated heterocycles. The van der Waals surface area contributed by atoms with Crippen molar-refractivity contribution in [1.29, 1.82) is 0 Å². The average Bonchev–Trinajstić information content (AvgIpc) is 3.88. The Balaban J connectivity index is 1.11. The van der Waals surface area contributed by atoms with E-state index in [4.69, 9.17) is 4.42 Å². The molecular formula is C48H30N2OS. The summed E-state index contributed by atoms with van der Waals surface area (Å²) in [5.41, 5.74) is 10.9. The molecule has 4 heteroatoms. The van der Waals surface area contributed by atoms with Crippen LogP contribution in [-0.2, 0) is 0 Å². The Bertz CT molecular complexity index is 3120. The van der Waals surface area contributed by atoms with Gasteiger partial charge >= 0.3 is 0 Å². The number of furan rings is 1. The quantitative estimate of drug-likeness (QED) is 0.180. The number of thiophene rings is 1. The molecule has 0 bridgehead atoms. The van der Waals surface area contributed by atoms with Crippen molar-refractivity contribution in [3.05, 3.63) is 182 Å². The Hall–Kier alpha value is -6.62. The van der Waals surface area contributed by atoms with Gasteiger partial charge < -0.3 is 13.9 Å². The molecule has 0 aliphatic heterocycles. The van der Waals surface area contributed by atoms with Crippen LogP contribution in [0, 0.1) is 0 Å². The van der Waals surface area contributed by atoms with Gasteiger partial charge in [-0.25, -0.2) is 0 Å². The summed E-state index contributed by atoms with van der Waals surface area (Å²) in [5, 5.41) is 7.14. The van der Waals surface area contributed by atoms with Gasteiger partial charge in [0.15, 0.2) is 0 Å². The monoisotopic (exact) mass is 682 g/mol. The number of aromatic nitrogens is 1. The van der Waals surface area contributed by atoms with Crippen molar-refractivity contribution in [2.45, 2.75) is 0 Å². The second kappa shape index (κ2) is 11.5. The number of para-hydroxylation sites is 2. The van der Waals surface area contributed by atoms with Crippen LogP contribution in [-0.4, -0.2) is 4.57 Å². The van der Waals surface area contributed by atoms with Gasteiger partial charge in [-0.1, -0.05) is 103 Å². The van der Waals surface area contributed by atoms with Crippen LogP contribution in [0.2, 0.25) is 0 Å². The first-order chi connectivity index (χ1) is 25.8. The third-order valence-electron chi connectivity index (χ3n) is 10.4. The number of nitrogens with zero attached hydrogens (tertiary/aromatic N) is 2. The Morgan fingerprint density at radius 1 is 0.423 bits per heavy atom. The summed E-state index contributed by atoms with van der Waals surface area (Å²) in [4.78, 5) is 2.35. The lowest BCUT2D eigenvalue weighted by Gasteiger charge is -2.26. The van der Waals surface area contributed by atoms with Crippen molar-refractivity contribution in [3.63, 3.8) is 0 Å². The Morgan fingerprint density at radius 2 is 1.04 bits per heavy atom. The fourth-order valence-electron chi connectivity index (χ4n) is 8.00. The smallest absolute Gasteiger partial charge is 0.145 e. The van der Waals surface area contributed by atoms with Crippen LogP contribution in [0.4, 0.5) is 17.1 Å². The summed E-state index contributed by atoms with van der Waals surface area (Å²) in [6.45, 7) is 0. The predicted octanol–water partition coefficient (Wildman–Crippen LogP) is 14.2. The number of hydrogen-bond acceptors (Lipinski definition) is 3. The third-order valence-corrected chi connectivity index (χ3v) is 11.5. The molecule has 3 heterocycles. The highest BCUT2D eigenvalue weighted by atomic mass is 32.1. The van der Waals surface area contributed by atoms with E-state index >= 15 is 0 Å². The van der Waals surface area contributed by atoms with Crippen molar-refractivity contribution in [3.8, 4) is 16.8 Å². The Morgan fingerprint density at radius 3 is 1.87 bits per heavy atom. The number of fused-ring (bicyclic) bond motifs is 10. The fraction of sp³-hybridized carbons (Fsp3) is 0. The van der Waals surface area contributed by atoms with E-state index in [2.05, 4.69) is 191 Å². The summed E-state index contributed by atoms with van der Waals surface area (Å²) < 4.78 is 11.8. The first-order valence-electron chi connectivity index (χ1n) is 17.6. The van der Waals surface area contributed by atoms with E-state index in [1.165, 1.54) is 42.2 Å². The van der Waals surface area contributed by atoms with E-state index in [9.17, 15) is 0 Å². The SMILES string of the molecule is c1ccc(-c2ccc(N(c3ccc4c(c3)oc3c4ccc4c3c3ccccc3n4-c3ccccc3)c3ccc4c(c3)sc3ccccc34)cc2)cc1. The van der Waals surface area contributed by atoms with Crippen LogP contribution in [0.25, 0.3) is 80.7 Å². The fourth-order valence-corrected chi connectivity index (χ4v) is 9.14. The van der Waals surface area contributed by atoms with Gasteiger partial charge in [-0.15, -0.1) is 11.3 Å². The maximum absolute atomic E-state index is 6.93. The summed E-state index contributed by atoms with van der Waals surface area (Å²) in [7, 11) is 0. The molecule has 0 aliphatic carbocycles. The van der Waals surface area contributed by atoms with Gasteiger partial charge in [0.25, 0.3) is 0 Å². The topological polar surface area (TPSA) is 21.3 Å². The van der Waals surface area contributed by atoms with E-state index < -0.39 is 0 Å². The number of hydrogen-bond donors (Lipinski definition) is 0. The van der Waals surface area contributed by atoms with E-state index in [1.54, 1.807) is 0 Å². The molecular weight excluding hydrogens is 653 g/mol. The largest absolute Gasteiger partial charge is 0.455 e. The van der Waals surface area contributed by atoms with Crippen molar-refractivity contribution < 1.29 is 4.42 Å². The van der Waals surface area contributed by atoms with Gasteiger partial charge in [0.2, 0.25) is 0 Å². The van der Waals surface area contributed by atoms with Gasteiger partial charge in [0.05, 0.1) is 16.4 Å². The van der Waals surface area contributed by atoms with Gasteiger partial charge in [0.1, 0.15) is 11.2 Å². The molecule has 11 rings (SSSR count). The maximum Gasteiger partial charge on any atom is 0.145 e. The number of rotatable bonds is 5. The molecule has 52 heavy (non-hydrogen) atoms. The van der Waals surface area contributed by atoms with Crippen LogP contribution >= 0.6 is 11.3 Å². The molecule has 0 amide bonds. The molecule has 3 nitrogen and oxygen atoms in total. The number of benzene rings is 8. The first kappa shape index (κ1) is 29.1. The average molecular weight is 683 g/mol. The van der Waals surface area contributed by atoms with Gasteiger partial charge in [-0.3, -0.25) is 0 Å². The van der Waals surface area contributed by atoms with Crippen LogP contribution in [0.15, 0.2) is 186 Å². The zero-order valence-electron chi connectivity index (χ0n) is 28.0. The van der Waals surface area contributed by atoms with Gasteiger partial charge in [0, 0.05) is 65.1 Å². The lowest BCUT2D eigenvalue weighted by molar-refractivity contribution is 0.673. The van der Waals surface area contributed by atoms with Crippen LogP contribution in [0.3, 0.4) is 0 Å². The molecule has 0 fully saturated rings. The molecule has 0 N–H and O–H groups in total. The summed E-state index contributed by atoms with van der Waals surface area (Å²) in [6, 6.07) is 65.3. The second-order valence-electron chi connectivity index (χ2n) is 13.3. The summed E-state index contributed by atoms with van der Waals surface area (Å²) in [5.74, 6) is 0. The molecule has 3 aromatic heterocycles.